The molecule has 3 saturated heterocycles. The smallest absolute Gasteiger partial charge is 0.410 e. The normalized spacial score (nSPS) is 21.7. The third-order valence-corrected chi connectivity index (χ3v) is 9.66. The number of hydrogen-bond donors (Lipinski definition) is 0. The summed E-state index contributed by atoms with van der Waals surface area (Å²) >= 11 is 0. The van der Waals surface area contributed by atoms with Gasteiger partial charge >= 0.3 is 6.09 Å². The van der Waals surface area contributed by atoms with Crippen molar-refractivity contribution in [2.75, 3.05) is 55.7 Å². The number of aromatic nitrogens is 6. The average molecular weight is 616 g/mol. The van der Waals surface area contributed by atoms with Crippen LogP contribution in [0.4, 0.5) is 16.3 Å². The molecule has 1 amide bonds. The van der Waals surface area contributed by atoms with E-state index in [1.165, 1.54) is 32.1 Å². The number of carbonyl (C=O) groups is 1. The average Bonchev–Trinajstić information content (AvgIpc) is 3.70. The molecule has 4 fully saturated rings. The minimum Gasteiger partial charge on any atom is -0.444 e. The molecule has 3 aromatic heterocycles. The molecule has 1 atom stereocenters. The summed E-state index contributed by atoms with van der Waals surface area (Å²) in [6, 6.07) is 4.33. The largest absolute Gasteiger partial charge is 0.444 e. The number of pyridine rings is 1. The Bertz CT molecular complexity index is 1470. The summed E-state index contributed by atoms with van der Waals surface area (Å²) in [5.41, 5.74) is 2.30. The van der Waals surface area contributed by atoms with E-state index in [0.717, 1.165) is 62.8 Å². The van der Waals surface area contributed by atoms with Gasteiger partial charge in [0.25, 0.3) is 0 Å². The Hall–Kier alpha value is -3.80. The van der Waals surface area contributed by atoms with Gasteiger partial charge in [-0.3, -0.25) is 9.97 Å². The van der Waals surface area contributed by atoms with E-state index >= 15 is 0 Å². The Morgan fingerprint density at radius 2 is 1.80 bits per heavy atom. The lowest BCUT2D eigenvalue weighted by Crippen LogP contribution is -2.54. The molecule has 0 aromatic carbocycles. The maximum absolute atomic E-state index is 13.3. The molecule has 3 aliphatic heterocycles. The maximum atomic E-state index is 13.3. The SMILES string of the molecule is CC(C)(C)OC(=O)N(CC1CCC1)[C@@H]1CCCN(c2ccc(C3(n4cc(-c5cncc(N6CCCC6)n5)nn4)COC3)nc2)C1. The van der Waals surface area contributed by atoms with Crippen LogP contribution in [0.5, 0.6) is 0 Å². The fourth-order valence-corrected chi connectivity index (χ4v) is 6.80. The number of carbonyl (C=O) groups excluding carboxylic acids is 1. The zero-order valence-corrected chi connectivity index (χ0v) is 26.8. The van der Waals surface area contributed by atoms with Crippen molar-refractivity contribution in [3.05, 3.63) is 42.6 Å². The first-order chi connectivity index (χ1) is 21.8. The van der Waals surface area contributed by atoms with Gasteiger partial charge in [-0.25, -0.2) is 14.5 Å². The highest BCUT2D eigenvalue weighted by atomic mass is 16.6. The minimum absolute atomic E-state index is 0.112. The van der Waals surface area contributed by atoms with Crippen LogP contribution < -0.4 is 9.80 Å². The van der Waals surface area contributed by atoms with Gasteiger partial charge in [0.1, 0.15) is 22.8 Å². The first-order valence-electron chi connectivity index (χ1n) is 16.6. The van der Waals surface area contributed by atoms with Crippen molar-refractivity contribution in [2.24, 2.45) is 5.92 Å². The molecule has 12 nitrogen and oxygen atoms in total. The van der Waals surface area contributed by atoms with Crippen molar-refractivity contribution in [3.8, 4) is 11.4 Å². The molecule has 0 radical (unpaired) electrons. The van der Waals surface area contributed by atoms with Gasteiger partial charge in [-0.2, -0.15) is 0 Å². The van der Waals surface area contributed by atoms with Gasteiger partial charge in [-0.05, 0) is 77.3 Å². The highest BCUT2D eigenvalue weighted by molar-refractivity contribution is 5.69. The van der Waals surface area contributed by atoms with Gasteiger partial charge in [0.2, 0.25) is 0 Å². The number of hydrogen-bond acceptors (Lipinski definition) is 10. The standard InChI is InChI=1S/C33H45N9O3/c1-32(2,3)45-31(43)41(19-24-8-6-9-24)26-10-7-15-40(20-26)25-11-12-29(35-16-25)33(22-44-23-33)42-21-28(37-38-42)27-17-34-18-30(36-27)39-13-4-5-14-39/h11-12,16-18,21,24,26H,4-10,13-15,19-20,22-23H2,1-3H3/t26-/m1/s1. The van der Waals surface area contributed by atoms with Gasteiger partial charge in [-0.1, -0.05) is 11.6 Å². The molecule has 1 saturated carbocycles. The Balaban J connectivity index is 1.06. The summed E-state index contributed by atoms with van der Waals surface area (Å²) < 4.78 is 13.4. The Morgan fingerprint density at radius 1 is 1.00 bits per heavy atom. The monoisotopic (exact) mass is 615 g/mol. The van der Waals surface area contributed by atoms with Crippen molar-refractivity contribution in [1.82, 2.24) is 34.8 Å². The molecular weight excluding hydrogens is 570 g/mol. The zero-order chi connectivity index (χ0) is 31.0. The van der Waals surface area contributed by atoms with Crippen molar-refractivity contribution < 1.29 is 14.3 Å². The van der Waals surface area contributed by atoms with E-state index in [9.17, 15) is 4.79 Å². The number of rotatable bonds is 8. The van der Waals surface area contributed by atoms with E-state index in [2.05, 4.69) is 37.2 Å². The predicted molar refractivity (Wildman–Crippen MR) is 170 cm³/mol. The molecule has 0 unspecified atom stereocenters. The van der Waals surface area contributed by atoms with Crippen LogP contribution in [-0.4, -0.2) is 98.5 Å². The van der Waals surface area contributed by atoms with Gasteiger partial charge in [0.05, 0.1) is 55.4 Å². The highest BCUT2D eigenvalue weighted by Gasteiger charge is 2.45. The van der Waals surface area contributed by atoms with E-state index in [-0.39, 0.29) is 12.1 Å². The topological polar surface area (TPSA) is 115 Å². The molecule has 45 heavy (non-hydrogen) atoms. The number of nitrogens with zero attached hydrogens (tertiary/aromatic N) is 9. The van der Waals surface area contributed by atoms with Crippen LogP contribution in [0.3, 0.4) is 0 Å². The number of amides is 1. The summed E-state index contributed by atoms with van der Waals surface area (Å²) in [7, 11) is 0. The summed E-state index contributed by atoms with van der Waals surface area (Å²) in [4.78, 5) is 34.2. The lowest BCUT2D eigenvalue weighted by molar-refractivity contribution is -0.0851. The molecular formula is C33H45N9O3. The maximum Gasteiger partial charge on any atom is 0.410 e. The summed E-state index contributed by atoms with van der Waals surface area (Å²) in [6.45, 7) is 11.3. The van der Waals surface area contributed by atoms with Gasteiger partial charge in [-0.15, -0.1) is 5.10 Å². The van der Waals surface area contributed by atoms with E-state index < -0.39 is 11.1 Å². The molecule has 1 aliphatic carbocycles. The Kier molecular flexibility index (Phi) is 8.09. The summed E-state index contributed by atoms with van der Waals surface area (Å²) in [5, 5.41) is 8.98. The number of ether oxygens (including phenoxy) is 2. The zero-order valence-electron chi connectivity index (χ0n) is 26.8. The van der Waals surface area contributed by atoms with Gasteiger partial charge in [0, 0.05) is 32.7 Å². The molecule has 0 spiro atoms. The second-order valence-corrected chi connectivity index (χ2v) is 14.1. The quantitative estimate of drug-likeness (QED) is 0.359. The Morgan fingerprint density at radius 3 is 2.47 bits per heavy atom. The second-order valence-electron chi connectivity index (χ2n) is 14.1. The van der Waals surface area contributed by atoms with E-state index in [4.69, 9.17) is 19.4 Å². The molecule has 0 bridgehead atoms. The van der Waals surface area contributed by atoms with Crippen molar-refractivity contribution >= 4 is 17.6 Å². The van der Waals surface area contributed by atoms with Crippen LogP contribution in [0.2, 0.25) is 0 Å². The fourth-order valence-electron chi connectivity index (χ4n) is 6.80. The molecule has 6 heterocycles. The number of anilines is 2. The van der Waals surface area contributed by atoms with Crippen LogP contribution in [-0.2, 0) is 15.0 Å². The minimum atomic E-state index is -0.523. The molecule has 0 N–H and O–H groups in total. The van der Waals surface area contributed by atoms with Gasteiger partial charge in [0.15, 0.2) is 5.54 Å². The Labute approximate surface area is 265 Å². The van der Waals surface area contributed by atoms with Crippen molar-refractivity contribution in [1.29, 1.82) is 0 Å². The van der Waals surface area contributed by atoms with Crippen molar-refractivity contribution in [3.63, 3.8) is 0 Å². The van der Waals surface area contributed by atoms with Crippen LogP contribution in [0.15, 0.2) is 36.9 Å². The highest BCUT2D eigenvalue weighted by Crippen LogP contribution is 2.35. The summed E-state index contributed by atoms with van der Waals surface area (Å²) in [6.07, 6.45) is 15.2. The third kappa shape index (κ3) is 6.21. The number of piperidine rings is 1. The van der Waals surface area contributed by atoms with Crippen LogP contribution in [0, 0.1) is 5.92 Å². The first kappa shape index (κ1) is 29.9. The fraction of sp³-hybridized carbons (Fsp3) is 0.636. The second kappa shape index (κ2) is 12.2. The van der Waals surface area contributed by atoms with E-state index in [0.29, 0.717) is 30.5 Å². The molecule has 240 valence electrons. The van der Waals surface area contributed by atoms with Gasteiger partial charge < -0.3 is 24.2 Å². The molecule has 4 aliphatic rings. The van der Waals surface area contributed by atoms with Crippen LogP contribution in [0.1, 0.15) is 71.4 Å². The molecule has 7 rings (SSSR count). The van der Waals surface area contributed by atoms with Crippen LogP contribution >= 0.6 is 0 Å². The molecule has 3 aromatic rings. The van der Waals surface area contributed by atoms with E-state index in [1.54, 1.807) is 6.20 Å². The molecule has 12 heteroatoms. The predicted octanol–water partition coefficient (Wildman–Crippen LogP) is 4.51. The van der Waals surface area contributed by atoms with E-state index in [1.807, 2.05) is 48.9 Å². The third-order valence-electron chi connectivity index (χ3n) is 9.66. The van der Waals surface area contributed by atoms with Crippen molar-refractivity contribution in [2.45, 2.75) is 82.9 Å². The lowest BCUT2D eigenvalue weighted by Gasteiger charge is -2.43. The lowest BCUT2D eigenvalue weighted by atomic mass is 9.84. The first-order valence-corrected chi connectivity index (χ1v) is 16.6. The summed E-state index contributed by atoms with van der Waals surface area (Å²) in [5.74, 6) is 1.46. The van der Waals surface area contributed by atoms with Crippen LogP contribution in [0.25, 0.3) is 11.4 Å².